The number of benzene rings is 2. The Bertz CT molecular complexity index is 893. The van der Waals surface area contributed by atoms with E-state index < -0.39 is 17.2 Å². The summed E-state index contributed by atoms with van der Waals surface area (Å²) in [7, 11) is 0. The lowest BCUT2D eigenvalue weighted by molar-refractivity contribution is -0.137. The zero-order chi connectivity index (χ0) is 21.4. The summed E-state index contributed by atoms with van der Waals surface area (Å²) in [6.45, 7) is 0.462. The molecule has 156 valence electrons. The van der Waals surface area contributed by atoms with Crippen LogP contribution in [0.2, 0.25) is 10.0 Å². The van der Waals surface area contributed by atoms with Crippen LogP contribution in [0.4, 0.5) is 5.69 Å². The average Bonchev–Trinajstić information content (AvgIpc) is 2.68. The number of nitrogens with zero attached hydrogens (tertiary/aromatic N) is 1. The van der Waals surface area contributed by atoms with Crippen LogP contribution in [-0.4, -0.2) is 38.8 Å². The Morgan fingerprint density at radius 2 is 1.79 bits per heavy atom. The molecule has 0 aromatic heterocycles. The van der Waals surface area contributed by atoms with Crippen molar-refractivity contribution in [1.82, 2.24) is 5.32 Å². The summed E-state index contributed by atoms with van der Waals surface area (Å²) in [5.74, 6) is -1.26. The molecule has 0 spiro atoms. The van der Waals surface area contributed by atoms with Crippen LogP contribution in [0, 0.1) is 0 Å². The van der Waals surface area contributed by atoms with Crippen LogP contribution in [0.3, 0.4) is 0 Å². The van der Waals surface area contributed by atoms with Crippen molar-refractivity contribution in [1.29, 1.82) is 0 Å². The molecule has 1 amide bonds. The predicted octanol–water partition coefficient (Wildman–Crippen LogP) is 3.77. The molecule has 3 N–H and O–H groups in total. The minimum atomic E-state index is -2.27. The normalized spacial score (nSPS) is 11.7. The Morgan fingerprint density at radius 3 is 2.41 bits per heavy atom. The van der Waals surface area contributed by atoms with Crippen LogP contribution >= 0.6 is 23.2 Å². The first-order chi connectivity index (χ1) is 13.8. The van der Waals surface area contributed by atoms with Gasteiger partial charge in [0, 0.05) is 25.1 Å². The van der Waals surface area contributed by atoms with Gasteiger partial charge in [0.2, 0.25) is 0 Å². The summed E-state index contributed by atoms with van der Waals surface area (Å²) >= 11 is 9.89. The van der Waals surface area contributed by atoms with Crippen molar-refractivity contribution >= 4 is 52.0 Å². The maximum Gasteiger partial charge on any atom is 0.303 e. The van der Waals surface area contributed by atoms with Gasteiger partial charge in [0.15, 0.2) is 0 Å². The maximum atomic E-state index is 12.1. The highest BCUT2D eigenvalue weighted by Gasteiger charge is 2.15. The van der Waals surface area contributed by atoms with E-state index in [2.05, 4.69) is 5.32 Å². The Balaban J connectivity index is 2.00. The number of nitrogens with one attached hydrogen (secondary N) is 1. The van der Waals surface area contributed by atoms with Gasteiger partial charge in [-0.25, -0.2) is 4.21 Å². The van der Waals surface area contributed by atoms with Crippen molar-refractivity contribution in [3.05, 3.63) is 63.6 Å². The fourth-order valence-corrected chi connectivity index (χ4v) is 3.55. The molecule has 0 aliphatic heterocycles. The molecule has 10 heteroatoms. The van der Waals surface area contributed by atoms with Gasteiger partial charge in [0.1, 0.15) is 0 Å². The number of aliphatic carboxylic acids is 1. The van der Waals surface area contributed by atoms with E-state index in [4.69, 9.17) is 28.3 Å². The monoisotopic (exact) mass is 458 g/mol. The number of hydrogen-bond acceptors (Lipinski definition) is 3. The van der Waals surface area contributed by atoms with Crippen LogP contribution in [-0.2, 0) is 22.5 Å². The predicted molar refractivity (Wildman–Crippen MR) is 114 cm³/mol. The molecule has 0 saturated heterocycles. The van der Waals surface area contributed by atoms with Gasteiger partial charge in [-0.15, -0.1) is 0 Å². The number of carbonyl (C=O) groups excluding carboxylic acids is 1. The molecule has 2 rings (SSSR count). The largest absolute Gasteiger partial charge is 0.481 e. The molecule has 1 unspecified atom stereocenters. The van der Waals surface area contributed by atoms with Gasteiger partial charge in [-0.2, -0.15) is 0 Å². The van der Waals surface area contributed by atoms with Gasteiger partial charge in [0.05, 0.1) is 15.7 Å². The van der Waals surface area contributed by atoms with E-state index >= 15 is 0 Å². The topological polar surface area (TPSA) is 107 Å². The van der Waals surface area contributed by atoms with Crippen molar-refractivity contribution in [2.45, 2.75) is 19.3 Å². The lowest BCUT2D eigenvalue weighted by Crippen LogP contribution is -2.28. The van der Waals surface area contributed by atoms with Crippen molar-refractivity contribution < 1.29 is 23.5 Å². The first kappa shape index (κ1) is 23.2. The van der Waals surface area contributed by atoms with E-state index in [9.17, 15) is 18.4 Å². The fraction of sp³-hybridized carbons (Fsp3) is 0.263. The number of hydrogen-bond donors (Lipinski definition) is 3. The third kappa shape index (κ3) is 7.01. The van der Waals surface area contributed by atoms with Gasteiger partial charge in [-0.05, 0) is 48.7 Å². The van der Waals surface area contributed by atoms with Crippen molar-refractivity contribution in [2.24, 2.45) is 0 Å². The molecule has 0 bridgehead atoms. The third-order valence-electron chi connectivity index (χ3n) is 4.07. The molecule has 2 aromatic carbocycles. The number of carboxylic acids is 1. The summed E-state index contributed by atoms with van der Waals surface area (Å²) in [4.78, 5) is 22.5. The standard InChI is InChI=1S/C19H20Cl2N2O5S/c20-16-4-1-3-13(18(16)21)10-12-23(29(27)28)15-8-6-14(7-9-15)19(26)22-11-2-5-17(24)25/h1,3-4,6-9H,2,5,10-12H2,(H,22,26)(H,24,25)(H,27,28). The van der Waals surface area contributed by atoms with Crippen LogP contribution in [0.15, 0.2) is 42.5 Å². The summed E-state index contributed by atoms with van der Waals surface area (Å²) in [6.07, 6.45) is 0.715. The van der Waals surface area contributed by atoms with E-state index in [1.807, 2.05) is 0 Å². The van der Waals surface area contributed by atoms with Crippen LogP contribution in [0.25, 0.3) is 0 Å². The summed E-state index contributed by atoms with van der Waals surface area (Å²) in [5.41, 5.74) is 1.59. The molecule has 1 atom stereocenters. The third-order valence-corrected chi connectivity index (χ3v) is 5.70. The molecule has 7 nitrogen and oxygen atoms in total. The number of amides is 1. The van der Waals surface area contributed by atoms with Gasteiger partial charge >= 0.3 is 5.97 Å². The second-order valence-electron chi connectivity index (χ2n) is 6.10. The van der Waals surface area contributed by atoms with Crippen molar-refractivity contribution in [3.8, 4) is 0 Å². The summed E-state index contributed by atoms with van der Waals surface area (Å²) < 4.78 is 22.7. The lowest BCUT2D eigenvalue weighted by Gasteiger charge is -2.20. The number of carboxylic acid groups (broad SMARTS) is 1. The smallest absolute Gasteiger partial charge is 0.303 e. The van der Waals surface area contributed by atoms with E-state index in [0.717, 1.165) is 5.56 Å². The Hall–Kier alpha value is -2.13. The lowest BCUT2D eigenvalue weighted by atomic mass is 10.1. The Morgan fingerprint density at radius 1 is 1.10 bits per heavy atom. The van der Waals surface area contributed by atoms with Gasteiger partial charge < -0.3 is 10.4 Å². The second kappa shape index (κ2) is 11.2. The maximum absolute atomic E-state index is 12.1. The van der Waals surface area contributed by atoms with E-state index in [1.54, 1.807) is 30.3 Å². The minimum absolute atomic E-state index is 0.0207. The highest BCUT2D eigenvalue weighted by molar-refractivity contribution is 7.80. The van der Waals surface area contributed by atoms with Crippen molar-refractivity contribution in [2.75, 3.05) is 17.4 Å². The molecule has 0 heterocycles. The first-order valence-corrected chi connectivity index (χ1v) is 10.5. The second-order valence-corrected chi connectivity index (χ2v) is 7.78. The first-order valence-electron chi connectivity index (χ1n) is 8.71. The molecular weight excluding hydrogens is 439 g/mol. The van der Waals surface area contributed by atoms with E-state index in [0.29, 0.717) is 34.1 Å². The van der Waals surface area contributed by atoms with Gasteiger partial charge in [0.25, 0.3) is 17.2 Å². The molecule has 0 saturated carbocycles. The molecule has 2 aromatic rings. The molecule has 0 aliphatic rings. The number of halogens is 2. The number of carbonyl (C=O) groups is 2. The van der Waals surface area contributed by atoms with Gasteiger partial charge in [-0.3, -0.25) is 18.4 Å². The Kier molecular flexibility index (Phi) is 8.91. The summed E-state index contributed by atoms with van der Waals surface area (Å²) in [5, 5.41) is 12.0. The SMILES string of the molecule is O=C(O)CCCNC(=O)c1ccc(N(CCc2cccc(Cl)c2Cl)S(=O)O)cc1. The van der Waals surface area contributed by atoms with Crippen LogP contribution in [0.1, 0.15) is 28.8 Å². The highest BCUT2D eigenvalue weighted by Crippen LogP contribution is 2.26. The molecule has 0 radical (unpaired) electrons. The Labute approximate surface area is 181 Å². The molecule has 29 heavy (non-hydrogen) atoms. The molecular formula is C19H20Cl2N2O5S. The quantitative estimate of drug-likeness (QED) is 0.371. The van der Waals surface area contributed by atoms with Crippen LogP contribution < -0.4 is 9.62 Å². The zero-order valence-corrected chi connectivity index (χ0v) is 17.6. The zero-order valence-electron chi connectivity index (χ0n) is 15.3. The van der Waals surface area contributed by atoms with Gasteiger partial charge in [-0.1, -0.05) is 35.3 Å². The summed E-state index contributed by atoms with van der Waals surface area (Å²) in [6, 6.07) is 11.4. The number of anilines is 1. The highest BCUT2D eigenvalue weighted by atomic mass is 35.5. The fourth-order valence-electron chi connectivity index (χ4n) is 2.58. The van der Waals surface area contributed by atoms with E-state index in [-0.39, 0.29) is 25.4 Å². The van der Waals surface area contributed by atoms with E-state index in [1.165, 1.54) is 16.4 Å². The molecule has 0 fully saturated rings. The van der Waals surface area contributed by atoms with Crippen molar-refractivity contribution in [3.63, 3.8) is 0 Å². The number of rotatable bonds is 10. The average molecular weight is 459 g/mol. The van der Waals surface area contributed by atoms with Crippen LogP contribution in [0.5, 0.6) is 0 Å². The minimum Gasteiger partial charge on any atom is -0.481 e. The molecule has 0 aliphatic carbocycles.